The Hall–Kier alpha value is -2.47. The van der Waals surface area contributed by atoms with Crippen molar-refractivity contribution in [2.24, 2.45) is 5.10 Å². The maximum atomic E-state index is 13.1. The van der Waals surface area contributed by atoms with Gasteiger partial charge in [-0.3, -0.25) is 14.8 Å². The number of anilines is 1. The van der Waals surface area contributed by atoms with Gasteiger partial charge in [-0.25, -0.2) is 4.39 Å². The molecule has 2 heterocycles. The van der Waals surface area contributed by atoms with Crippen molar-refractivity contribution in [2.45, 2.75) is 25.8 Å². The molecule has 2 atom stereocenters. The topological polar surface area (TPSA) is 48.8 Å². The van der Waals surface area contributed by atoms with Crippen molar-refractivity contribution in [1.29, 1.82) is 0 Å². The third-order valence-electron chi connectivity index (χ3n) is 4.52. The zero-order chi connectivity index (χ0) is 18.7. The monoisotopic (exact) mass is 374 g/mol. The number of rotatable bonds is 5. The molecule has 1 amide bonds. The van der Waals surface area contributed by atoms with E-state index in [1.165, 1.54) is 12.1 Å². The molecule has 1 aromatic heterocycles. The molecule has 1 aromatic carbocycles. The summed E-state index contributed by atoms with van der Waals surface area (Å²) >= 11 is 6.36. The van der Waals surface area contributed by atoms with Gasteiger partial charge in [0, 0.05) is 12.7 Å². The van der Waals surface area contributed by atoms with E-state index in [9.17, 15) is 9.18 Å². The molecule has 1 aliphatic heterocycles. The fourth-order valence-electron chi connectivity index (χ4n) is 3.03. The summed E-state index contributed by atoms with van der Waals surface area (Å²) in [6.45, 7) is 4.70. The molecule has 7 heteroatoms. The molecule has 2 unspecified atom stereocenters. The molecule has 0 saturated heterocycles. The molecule has 0 spiro atoms. The molecule has 3 rings (SSSR count). The Labute approximate surface area is 157 Å². The Balaban J connectivity index is 1.77. The van der Waals surface area contributed by atoms with Gasteiger partial charge in [0.15, 0.2) is 5.17 Å². The molecule has 0 fully saturated rings. The minimum Gasteiger partial charge on any atom is -0.331 e. The normalized spacial score (nSPS) is 17.8. The predicted octanol–water partition coefficient (Wildman–Crippen LogP) is 3.61. The maximum absolute atomic E-state index is 13.1. The molecular weight excluding hydrogens is 355 g/mol. The highest BCUT2D eigenvalue weighted by Crippen LogP contribution is 2.26. The number of amides is 1. The number of hydrogen-bond donors (Lipinski definition) is 0. The number of benzene rings is 1. The van der Waals surface area contributed by atoms with Gasteiger partial charge in [0.05, 0.1) is 24.3 Å². The van der Waals surface area contributed by atoms with Crippen LogP contribution in [0.2, 0.25) is 0 Å². The van der Waals surface area contributed by atoms with Crippen LogP contribution in [-0.2, 0) is 4.79 Å². The van der Waals surface area contributed by atoms with Crippen LogP contribution >= 0.6 is 11.6 Å². The zero-order valence-corrected chi connectivity index (χ0v) is 15.4. The first-order chi connectivity index (χ1) is 12.5. The fourth-order valence-corrected chi connectivity index (χ4v) is 3.31. The number of carbonyl (C=O) groups excluding carboxylic acids is 1. The van der Waals surface area contributed by atoms with Crippen molar-refractivity contribution in [3.05, 3.63) is 60.2 Å². The molecule has 26 heavy (non-hydrogen) atoms. The van der Waals surface area contributed by atoms with E-state index in [1.807, 2.05) is 26.0 Å². The van der Waals surface area contributed by atoms with Gasteiger partial charge in [-0.1, -0.05) is 23.7 Å². The smallest absolute Gasteiger partial charge is 0.230 e. The lowest BCUT2D eigenvalue weighted by Gasteiger charge is -2.30. The Morgan fingerprint density at radius 1 is 1.38 bits per heavy atom. The van der Waals surface area contributed by atoms with Crippen molar-refractivity contribution >= 4 is 28.4 Å². The van der Waals surface area contributed by atoms with Crippen LogP contribution in [0.4, 0.5) is 10.1 Å². The molecule has 2 aromatic rings. The van der Waals surface area contributed by atoms with E-state index in [4.69, 9.17) is 11.6 Å². The third kappa shape index (κ3) is 3.70. The largest absolute Gasteiger partial charge is 0.331 e. The van der Waals surface area contributed by atoms with Crippen LogP contribution < -0.4 is 5.01 Å². The Morgan fingerprint density at radius 2 is 2.12 bits per heavy atom. The van der Waals surface area contributed by atoms with E-state index in [-0.39, 0.29) is 17.8 Å². The van der Waals surface area contributed by atoms with E-state index in [0.717, 1.165) is 11.3 Å². The molecule has 0 aliphatic carbocycles. The van der Waals surface area contributed by atoms with Gasteiger partial charge in [0.25, 0.3) is 0 Å². The van der Waals surface area contributed by atoms with Gasteiger partial charge in [-0.05, 0) is 43.7 Å². The van der Waals surface area contributed by atoms with Crippen molar-refractivity contribution in [3.63, 3.8) is 0 Å². The fraction of sp³-hybridized carbons (Fsp3) is 0.316. The summed E-state index contributed by atoms with van der Waals surface area (Å²) in [6.07, 6.45) is 3.39. The number of nitrogens with zero attached hydrogens (tertiary/aromatic N) is 4. The molecule has 0 bridgehead atoms. The zero-order valence-electron chi connectivity index (χ0n) is 14.6. The lowest BCUT2D eigenvalue weighted by molar-refractivity contribution is -0.133. The summed E-state index contributed by atoms with van der Waals surface area (Å²) in [5.74, 6) is -0.781. The Bertz CT molecular complexity index is 797. The number of carbonyl (C=O) groups is 1. The van der Waals surface area contributed by atoms with Crippen LogP contribution in [0.3, 0.4) is 0 Å². The second-order valence-corrected chi connectivity index (χ2v) is 6.52. The van der Waals surface area contributed by atoms with E-state index >= 15 is 0 Å². The van der Waals surface area contributed by atoms with E-state index in [1.54, 1.807) is 34.4 Å². The Kier molecular flexibility index (Phi) is 5.52. The van der Waals surface area contributed by atoms with Gasteiger partial charge in [0.2, 0.25) is 5.91 Å². The van der Waals surface area contributed by atoms with Crippen LogP contribution in [0.25, 0.3) is 0 Å². The number of halogens is 2. The molecule has 0 radical (unpaired) electrons. The van der Waals surface area contributed by atoms with Gasteiger partial charge in [0.1, 0.15) is 11.9 Å². The van der Waals surface area contributed by atoms with Crippen molar-refractivity contribution in [2.75, 3.05) is 18.1 Å². The molecular formula is C19H20ClFN4O. The average molecular weight is 375 g/mol. The van der Waals surface area contributed by atoms with Gasteiger partial charge >= 0.3 is 0 Å². The quantitative estimate of drug-likeness (QED) is 0.803. The second kappa shape index (κ2) is 7.83. The minimum atomic E-state index is -0.396. The van der Waals surface area contributed by atoms with Crippen LogP contribution in [0.1, 0.15) is 25.3 Å². The second-order valence-electron chi connectivity index (χ2n) is 6.13. The number of hydrogen-bond acceptors (Lipinski definition) is 4. The molecule has 5 nitrogen and oxygen atoms in total. The highest BCUT2D eigenvalue weighted by Gasteiger charge is 2.35. The average Bonchev–Trinajstić information content (AvgIpc) is 3.04. The Morgan fingerprint density at radius 3 is 2.73 bits per heavy atom. The lowest BCUT2D eigenvalue weighted by Crippen LogP contribution is -2.47. The lowest BCUT2D eigenvalue weighted by atomic mass is 9.99. The van der Waals surface area contributed by atoms with Crippen LogP contribution in [0, 0.1) is 5.82 Å². The summed E-state index contributed by atoms with van der Waals surface area (Å²) < 4.78 is 13.1. The summed E-state index contributed by atoms with van der Waals surface area (Å²) in [6, 6.07) is 9.40. The standard InChI is InChI=1S/C19H20ClFN4O/c1-3-24(19(26)13(2)14-6-8-15(21)9-7-14)17-12-25(23-18(17)20)16-5-4-10-22-11-16/h4-11,13,17H,3,12H2,1-2H3. The van der Waals surface area contributed by atoms with E-state index < -0.39 is 5.92 Å². The summed E-state index contributed by atoms with van der Waals surface area (Å²) in [4.78, 5) is 18.8. The summed E-state index contributed by atoms with van der Waals surface area (Å²) in [5, 5.41) is 6.49. The highest BCUT2D eigenvalue weighted by atomic mass is 35.5. The molecule has 0 saturated carbocycles. The molecule has 0 N–H and O–H groups in total. The van der Waals surface area contributed by atoms with Crippen molar-refractivity contribution in [1.82, 2.24) is 9.88 Å². The number of hydrazone groups is 1. The first-order valence-corrected chi connectivity index (χ1v) is 8.86. The van der Waals surface area contributed by atoms with Crippen molar-refractivity contribution < 1.29 is 9.18 Å². The number of aromatic nitrogens is 1. The predicted molar refractivity (Wildman–Crippen MR) is 101 cm³/mol. The minimum absolute atomic E-state index is 0.0644. The van der Waals surface area contributed by atoms with Gasteiger partial charge in [-0.15, -0.1) is 0 Å². The summed E-state index contributed by atoms with van der Waals surface area (Å²) in [7, 11) is 0. The van der Waals surface area contributed by atoms with E-state index in [2.05, 4.69) is 10.1 Å². The maximum Gasteiger partial charge on any atom is 0.230 e. The summed E-state index contributed by atoms with van der Waals surface area (Å²) in [5.41, 5.74) is 1.59. The molecule has 1 aliphatic rings. The highest BCUT2D eigenvalue weighted by molar-refractivity contribution is 6.67. The SMILES string of the molecule is CCN(C(=O)C(C)c1ccc(F)cc1)C1CN(c2cccnc2)N=C1Cl. The first-order valence-electron chi connectivity index (χ1n) is 8.48. The molecule has 136 valence electrons. The van der Waals surface area contributed by atoms with Crippen LogP contribution in [0.15, 0.2) is 53.9 Å². The van der Waals surface area contributed by atoms with Crippen LogP contribution in [-0.4, -0.2) is 40.1 Å². The third-order valence-corrected chi connectivity index (χ3v) is 4.85. The number of pyridine rings is 1. The van der Waals surface area contributed by atoms with Crippen molar-refractivity contribution in [3.8, 4) is 0 Å². The first kappa shape index (κ1) is 18.3. The van der Waals surface area contributed by atoms with Gasteiger partial charge < -0.3 is 4.90 Å². The van der Waals surface area contributed by atoms with Crippen LogP contribution in [0.5, 0.6) is 0 Å². The van der Waals surface area contributed by atoms with E-state index in [0.29, 0.717) is 18.3 Å². The van der Waals surface area contributed by atoms with Gasteiger partial charge in [-0.2, -0.15) is 5.10 Å². The number of likely N-dealkylation sites (N-methyl/N-ethyl adjacent to an activating group) is 1.